The number of nitrogens with one attached hydrogen (secondary N) is 1. The molecule has 1 N–H and O–H groups in total. The van der Waals surface area contributed by atoms with Gasteiger partial charge in [-0.15, -0.1) is 0 Å². The minimum absolute atomic E-state index is 0.742. The summed E-state index contributed by atoms with van der Waals surface area (Å²) in [5.41, 5.74) is 3.32. The highest BCUT2D eigenvalue weighted by Gasteiger charge is 2.03. The molecule has 0 bridgehead atoms. The molecular weight excluding hydrogens is 253 g/mol. The molecular formula is C14H13Cl2N. The van der Waals surface area contributed by atoms with Crippen LogP contribution in [0.5, 0.6) is 0 Å². The lowest BCUT2D eigenvalue weighted by molar-refractivity contribution is 0.818. The molecule has 0 unspecified atom stereocenters. The number of halogens is 2. The van der Waals surface area contributed by atoms with Crippen molar-refractivity contribution in [2.45, 2.75) is 6.54 Å². The quantitative estimate of drug-likeness (QED) is 0.869. The summed E-state index contributed by atoms with van der Waals surface area (Å²) >= 11 is 12.1. The predicted molar refractivity (Wildman–Crippen MR) is 74.7 cm³/mol. The Labute approximate surface area is 111 Å². The summed E-state index contributed by atoms with van der Waals surface area (Å²) in [7, 11) is 1.91. The van der Waals surface area contributed by atoms with Crippen LogP contribution in [0.25, 0.3) is 11.1 Å². The fraction of sp³-hybridized carbons (Fsp3) is 0.143. The summed E-state index contributed by atoms with van der Waals surface area (Å²) in [6.07, 6.45) is 0. The topological polar surface area (TPSA) is 12.0 Å². The van der Waals surface area contributed by atoms with Crippen molar-refractivity contribution in [2.24, 2.45) is 0 Å². The number of hydrogen-bond acceptors (Lipinski definition) is 1. The molecule has 2 aromatic rings. The van der Waals surface area contributed by atoms with Crippen molar-refractivity contribution in [3.05, 3.63) is 58.1 Å². The van der Waals surface area contributed by atoms with Crippen LogP contribution in [0.2, 0.25) is 10.0 Å². The number of benzene rings is 2. The van der Waals surface area contributed by atoms with Crippen molar-refractivity contribution in [3.63, 3.8) is 0 Å². The smallest absolute Gasteiger partial charge is 0.0457 e. The molecule has 0 aliphatic carbocycles. The average Bonchev–Trinajstić information content (AvgIpc) is 2.33. The van der Waals surface area contributed by atoms with E-state index in [1.54, 1.807) is 0 Å². The molecule has 0 fully saturated rings. The Hall–Kier alpha value is -1.02. The van der Waals surface area contributed by atoms with Crippen LogP contribution >= 0.6 is 23.2 Å². The van der Waals surface area contributed by atoms with Crippen LogP contribution < -0.4 is 5.32 Å². The van der Waals surface area contributed by atoms with Gasteiger partial charge in [-0.05, 0) is 41.9 Å². The van der Waals surface area contributed by atoms with Gasteiger partial charge >= 0.3 is 0 Å². The number of rotatable bonds is 3. The van der Waals surface area contributed by atoms with Crippen LogP contribution in [-0.4, -0.2) is 7.05 Å². The molecule has 17 heavy (non-hydrogen) atoms. The lowest BCUT2D eigenvalue weighted by Crippen LogP contribution is -2.05. The van der Waals surface area contributed by atoms with Crippen LogP contribution in [0.15, 0.2) is 42.5 Å². The highest BCUT2D eigenvalue weighted by molar-refractivity contribution is 6.31. The average molecular weight is 266 g/mol. The summed E-state index contributed by atoms with van der Waals surface area (Å²) in [5.74, 6) is 0. The fourth-order valence-corrected chi connectivity index (χ4v) is 2.08. The molecule has 0 saturated carbocycles. The Bertz CT molecular complexity index is 506. The summed E-state index contributed by atoms with van der Waals surface area (Å²) < 4.78 is 0. The van der Waals surface area contributed by atoms with E-state index in [-0.39, 0.29) is 0 Å². The van der Waals surface area contributed by atoms with Gasteiger partial charge in [0.15, 0.2) is 0 Å². The maximum Gasteiger partial charge on any atom is 0.0457 e. The Morgan fingerprint density at radius 1 is 0.941 bits per heavy atom. The maximum absolute atomic E-state index is 6.22. The zero-order chi connectivity index (χ0) is 12.3. The van der Waals surface area contributed by atoms with E-state index in [1.165, 1.54) is 0 Å². The van der Waals surface area contributed by atoms with Gasteiger partial charge in [-0.25, -0.2) is 0 Å². The first kappa shape index (κ1) is 12.4. The van der Waals surface area contributed by atoms with E-state index in [0.29, 0.717) is 0 Å². The second-order valence-corrected chi connectivity index (χ2v) is 4.69. The van der Waals surface area contributed by atoms with Gasteiger partial charge in [0, 0.05) is 16.6 Å². The molecule has 0 saturated heterocycles. The normalized spacial score (nSPS) is 10.5. The van der Waals surface area contributed by atoms with Gasteiger partial charge in [0.05, 0.1) is 0 Å². The summed E-state index contributed by atoms with van der Waals surface area (Å²) in [5, 5.41) is 4.62. The fourth-order valence-electron chi connectivity index (χ4n) is 1.70. The molecule has 0 amide bonds. The highest BCUT2D eigenvalue weighted by atomic mass is 35.5. The first-order chi connectivity index (χ1) is 8.20. The largest absolute Gasteiger partial charge is 0.316 e. The van der Waals surface area contributed by atoms with Gasteiger partial charge in [0.25, 0.3) is 0 Å². The third kappa shape index (κ3) is 3.01. The summed E-state index contributed by atoms with van der Waals surface area (Å²) in [6.45, 7) is 0.778. The molecule has 2 rings (SSSR count). The third-order valence-corrected chi connectivity index (χ3v) is 3.20. The Morgan fingerprint density at radius 2 is 1.59 bits per heavy atom. The van der Waals surface area contributed by atoms with E-state index < -0.39 is 0 Å². The zero-order valence-electron chi connectivity index (χ0n) is 9.50. The molecule has 1 nitrogen and oxygen atoms in total. The number of hydrogen-bond donors (Lipinski definition) is 1. The Morgan fingerprint density at radius 3 is 2.18 bits per heavy atom. The lowest BCUT2D eigenvalue weighted by Gasteiger charge is -2.07. The minimum Gasteiger partial charge on any atom is -0.316 e. The minimum atomic E-state index is 0.742. The van der Waals surface area contributed by atoms with Crippen LogP contribution in [-0.2, 0) is 6.54 Å². The van der Waals surface area contributed by atoms with Crippen molar-refractivity contribution in [3.8, 4) is 11.1 Å². The second kappa shape index (κ2) is 5.54. The van der Waals surface area contributed by atoms with E-state index >= 15 is 0 Å². The van der Waals surface area contributed by atoms with Crippen LogP contribution in [0.4, 0.5) is 0 Å². The Balaban J connectivity index is 2.34. The van der Waals surface area contributed by atoms with Crippen LogP contribution in [0.1, 0.15) is 5.56 Å². The van der Waals surface area contributed by atoms with Gasteiger partial charge in [0.1, 0.15) is 0 Å². The van der Waals surface area contributed by atoms with Gasteiger partial charge in [-0.3, -0.25) is 0 Å². The van der Waals surface area contributed by atoms with Gasteiger partial charge < -0.3 is 5.32 Å². The molecule has 0 aromatic heterocycles. The van der Waals surface area contributed by atoms with E-state index in [2.05, 4.69) is 11.4 Å². The van der Waals surface area contributed by atoms with E-state index in [1.807, 2.05) is 43.4 Å². The zero-order valence-corrected chi connectivity index (χ0v) is 11.0. The van der Waals surface area contributed by atoms with E-state index in [0.717, 1.165) is 33.3 Å². The van der Waals surface area contributed by atoms with Gasteiger partial charge in [-0.1, -0.05) is 47.5 Å². The van der Waals surface area contributed by atoms with Crippen molar-refractivity contribution in [1.82, 2.24) is 5.32 Å². The highest BCUT2D eigenvalue weighted by Crippen LogP contribution is 2.26. The van der Waals surface area contributed by atoms with E-state index in [4.69, 9.17) is 23.2 Å². The SMILES string of the molecule is CNCc1ccc(-c2ccc(Cl)cc2)cc1Cl. The molecule has 0 aliphatic heterocycles. The Kier molecular flexibility index (Phi) is 4.06. The molecule has 0 heterocycles. The molecule has 2 aromatic carbocycles. The molecule has 0 atom stereocenters. The van der Waals surface area contributed by atoms with Gasteiger partial charge in [-0.2, -0.15) is 0 Å². The van der Waals surface area contributed by atoms with Gasteiger partial charge in [0.2, 0.25) is 0 Å². The van der Waals surface area contributed by atoms with Crippen molar-refractivity contribution in [1.29, 1.82) is 0 Å². The maximum atomic E-state index is 6.22. The van der Waals surface area contributed by atoms with Crippen molar-refractivity contribution in [2.75, 3.05) is 7.05 Å². The lowest BCUT2D eigenvalue weighted by atomic mass is 10.0. The van der Waals surface area contributed by atoms with Crippen molar-refractivity contribution < 1.29 is 0 Å². The van der Waals surface area contributed by atoms with Crippen LogP contribution in [0.3, 0.4) is 0 Å². The first-order valence-corrected chi connectivity index (χ1v) is 6.15. The molecule has 0 radical (unpaired) electrons. The standard InChI is InChI=1S/C14H13Cl2N/c1-17-9-12-3-2-11(8-14(12)16)10-4-6-13(15)7-5-10/h2-8,17H,9H2,1H3. The molecule has 88 valence electrons. The monoisotopic (exact) mass is 265 g/mol. The third-order valence-electron chi connectivity index (χ3n) is 2.60. The summed E-state index contributed by atoms with van der Waals surface area (Å²) in [4.78, 5) is 0. The second-order valence-electron chi connectivity index (χ2n) is 3.84. The van der Waals surface area contributed by atoms with E-state index in [9.17, 15) is 0 Å². The first-order valence-electron chi connectivity index (χ1n) is 5.39. The molecule has 0 aliphatic rings. The molecule has 3 heteroatoms. The molecule has 0 spiro atoms. The summed E-state index contributed by atoms with van der Waals surface area (Å²) in [6, 6.07) is 13.8. The van der Waals surface area contributed by atoms with Crippen LogP contribution in [0, 0.1) is 0 Å². The van der Waals surface area contributed by atoms with Crippen molar-refractivity contribution >= 4 is 23.2 Å². The predicted octanol–water partition coefficient (Wildman–Crippen LogP) is 4.38.